The third kappa shape index (κ3) is 4.86. The predicted molar refractivity (Wildman–Crippen MR) is 111 cm³/mol. The quantitative estimate of drug-likeness (QED) is 0.555. The van der Waals surface area contributed by atoms with Crippen molar-refractivity contribution >= 4 is 17.5 Å². The summed E-state index contributed by atoms with van der Waals surface area (Å²) in [5.74, 6) is 0.294. The molecule has 148 valence electrons. The Labute approximate surface area is 169 Å². The maximum Gasteiger partial charge on any atom is 0.225 e. The molecule has 0 fully saturated rings. The van der Waals surface area contributed by atoms with Gasteiger partial charge in [0.15, 0.2) is 0 Å². The van der Waals surface area contributed by atoms with Crippen molar-refractivity contribution in [2.75, 3.05) is 17.2 Å². The summed E-state index contributed by atoms with van der Waals surface area (Å²) in [7, 11) is 0. The van der Waals surface area contributed by atoms with Gasteiger partial charge in [0.2, 0.25) is 5.95 Å². The summed E-state index contributed by atoms with van der Waals surface area (Å²) in [6.45, 7) is 3.90. The largest absolute Gasteiger partial charge is 0.394 e. The molecule has 1 aromatic heterocycles. The van der Waals surface area contributed by atoms with E-state index in [2.05, 4.69) is 20.6 Å². The number of hydrogen-bond donors (Lipinski definition) is 3. The van der Waals surface area contributed by atoms with Gasteiger partial charge in [-0.15, -0.1) is 0 Å². The molecule has 3 rings (SSSR count). The molecule has 0 aliphatic carbocycles. The molecular weight excluding hydrogens is 369 g/mol. The second kappa shape index (κ2) is 9.13. The van der Waals surface area contributed by atoms with Gasteiger partial charge in [0.1, 0.15) is 23.3 Å². The van der Waals surface area contributed by atoms with Crippen molar-refractivity contribution in [3.63, 3.8) is 0 Å². The lowest BCUT2D eigenvalue weighted by Crippen LogP contribution is -2.30. The first-order valence-corrected chi connectivity index (χ1v) is 9.29. The number of halogens is 1. The molecule has 7 heteroatoms. The van der Waals surface area contributed by atoms with Gasteiger partial charge in [0, 0.05) is 11.6 Å². The van der Waals surface area contributed by atoms with Crippen LogP contribution in [0.1, 0.15) is 19.4 Å². The smallest absolute Gasteiger partial charge is 0.225 e. The molecule has 1 heterocycles. The Morgan fingerprint density at radius 1 is 1.10 bits per heavy atom. The Kier molecular flexibility index (Phi) is 6.37. The van der Waals surface area contributed by atoms with Crippen LogP contribution in [0.5, 0.6) is 0 Å². The molecule has 3 N–H and O–H groups in total. The van der Waals surface area contributed by atoms with Crippen molar-refractivity contribution in [3.05, 3.63) is 66.0 Å². The highest BCUT2D eigenvalue weighted by Gasteiger charge is 2.16. The molecule has 6 nitrogen and oxygen atoms in total. The van der Waals surface area contributed by atoms with Crippen molar-refractivity contribution in [2.24, 2.45) is 5.92 Å². The van der Waals surface area contributed by atoms with E-state index in [1.165, 1.54) is 12.1 Å². The fourth-order valence-corrected chi connectivity index (χ4v) is 2.80. The molecule has 0 radical (unpaired) electrons. The van der Waals surface area contributed by atoms with E-state index in [1.54, 1.807) is 12.1 Å². The number of aliphatic hydroxyl groups excluding tert-OH is 1. The fraction of sp³-hybridized carbons (Fsp3) is 0.227. The predicted octanol–water partition coefficient (Wildman–Crippen LogP) is 4.33. The standard InChI is InChI=1S/C22H22FN5O/c1-14(2)20(13-29)27-22-26-19(15-7-4-3-5-8-15)11-21(28-22)25-18-10-6-9-17(23)16(18)12-24/h3-11,14,20,29H,13H2,1-2H3,(H2,25,26,27,28)/t20-/m0/s1. The average molecular weight is 391 g/mol. The number of aliphatic hydroxyl groups is 1. The van der Waals surface area contributed by atoms with Gasteiger partial charge >= 0.3 is 0 Å². The lowest BCUT2D eigenvalue weighted by Gasteiger charge is -2.21. The summed E-state index contributed by atoms with van der Waals surface area (Å²) < 4.78 is 13.9. The van der Waals surface area contributed by atoms with Crippen LogP contribution in [-0.4, -0.2) is 27.7 Å². The highest BCUT2D eigenvalue weighted by molar-refractivity contribution is 5.70. The van der Waals surface area contributed by atoms with Gasteiger partial charge in [0.25, 0.3) is 0 Å². The molecule has 0 aliphatic heterocycles. The number of hydrogen-bond acceptors (Lipinski definition) is 6. The molecule has 3 aromatic rings. The van der Waals surface area contributed by atoms with Crippen LogP contribution in [0.25, 0.3) is 11.3 Å². The van der Waals surface area contributed by atoms with Crippen LogP contribution in [0.15, 0.2) is 54.6 Å². The van der Waals surface area contributed by atoms with Crippen LogP contribution in [0.3, 0.4) is 0 Å². The van der Waals surface area contributed by atoms with Crippen LogP contribution in [0.4, 0.5) is 21.8 Å². The van der Waals surface area contributed by atoms with Crippen LogP contribution in [-0.2, 0) is 0 Å². The first-order valence-electron chi connectivity index (χ1n) is 9.29. The molecular formula is C22H22FN5O. The Bertz CT molecular complexity index is 1020. The molecule has 1 atom stereocenters. The molecule has 0 aliphatic rings. The number of nitriles is 1. The van der Waals surface area contributed by atoms with E-state index in [0.29, 0.717) is 23.1 Å². The number of nitrogens with one attached hydrogen (secondary N) is 2. The monoisotopic (exact) mass is 391 g/mol. The van der Waals surface area contributed by atoms with Crippen molar-refractivity contribution in [1.29, 1.82) is 5.26 Å². The molecule has 0 saturated carbocycles. The van der Waals surface area contributed by atoms with E-state index < -0.39 is 5.82 Å². The van der Waals surface area contributed by atoms with Gasteiger partial charge in [-0.05, 0) is 18.1 Å². The van der Waals surface area contributed by atoms with Crippen molar-refractivity contribution in [2.45, 2.75) is 19.9 Å². The minimum atomic E-state index is -0.603. The molecule has 0 spiro atoms. The van der Waals surface area contributed by atoms with Gasteiger partial charge in [-0.3, -0.25) is 0 Å². The van der Waals surface area contributed by atoms with Crippen LogP contribution < -0.4 is 10.6 Å². The van der Waals surface area contributed by atoms with E-state index in [4.69, 9.17) is 0 Å². The Hall–Kier alpha value is -3.50. The van der Waals surface area contributed by atoms with E-state index in [0.717, 1.165) is 5.56 Å². The van der Waals surface area contributed by atoms with E-state index in [-0.39, 0.29) is 24.1 Å². The summed E-state index contributed by atoms with van der Waals surface area (Å²) in [6, 6.07) is 17.3. The third-order valence-electron chi connectivity index (χ3n) is 4.50. The topological polar surface area (TPSA) is 93.9 Å². The summed E-state index contributed by atoms with van der Waals surface area (Å²) in [6.07, 6.45) is 0. The van der Waals surface area contributed by atoms with Crippen molar-refractivity contribution in [3.8, 4) is 17.3 Å². The molecule has 0 bridgehead atoms. The maximum absolute atomic E-state index is 13.9. The lowest BCUT2D eigenvalue weighted by atomic mass is 10.1. The first-order chi connectivity index (χ1) is 14.0. The number of anilines is 3. The highest BCUT2D eigenvalue weighted by atomic mass is 19.1. The van der Waals surface area contributed by atoms with Crippen LogP contribution >= 0.6 is 0 Å². The first kappa shape index (κ1) is 20.2. The number of benzene rings is 2. The zero-order chi connectivity index (χ0) is 20.8. The number of aromatic nitrogens is 2. The summed E-state index contributed by atoms with van der Waals surface area (Å²) in [5.41, 5.74) is 1.77. The van der Waals surface area contributed by atoms with Gasteiger partial charge in [-0.2, -0.15) is 10.2 Å². The zero-order valence-corrected chi connectivity index (χ0v) is 16.2. The lowest BCUT2D eigenvalue weighted by molar-refractivity contribution is 0.248. The van der Waals surface area contributed by atoms with Crippen molar-refractivity contribution < 1.29 is 9.50 Å². The highest BCUT2D eigenvalue weighted by Crippen LogP contribution is 2.26. The van der Waals surface area contributed by atoms with Gasteiger partial charge in [-0.25, -0.2) is 9.37 Å². The number of rotatable bonds is 7. The summed E-state index contributed by atoms with van der Waals surface area (Å²) in [5, 5.41) is 25.1. The van der Waals surface area contributed by atoms with Crippen molar-refractivity contribution in [1.82, 2.24) is 9.97 Å². The van der Waals surface area contributed by atoms with E-state index >= 15 is 0 Å². The zero-order valence-electron chi connectivity index (χ0n) is 16.2. The van der Waals surface area contributed by atoms with Gasteiger partial charge in [0.05, 0.1) is 24.0 Å². The Balaban J connectivity index is 2.03. The Morgan fingerprint density at radius 3 is 2.52 bits per heavy atom. The van der Waals surface area contributed by atoms with Gasteiger partial charge in [-0.1, -0.05) is 50.2 Å². The summed E-state index contributed by atoms with van der Waals surface area (Å²) >= 11 is 0. The van der Waals surface area contributed by atoms with Gasteiger partial charge < -0.3 is 15.7 Å². The minimum Gasteiger partial charge on any atom is -0.394 e. The van der Waals surface area contributed by atoms with E-state index in [9.17, 15) is 14.8 Å². The Morgan fingerprint density at radius 2 is 1.86 bits per heavy atom. The van der Waals surface area contributed by atoms with E-state index in [1.807, 2.05) is 50.2 Å². The maximum atomic E-state index is 13.9. The molecule has 0 amide bonds. The molecule has 0 saturated heterocycles. The minimum absolute atomic E-state index is 0.0676. The SMILES string of the molecule is CC(C)[C@H](CO)Nc1nc(Nc2cccc(F)c2C#N)cc(-c2ccccc2)n1. The fourth-order valence-electron chi connectivity index (χ4n) is 2.80. The molecule has 2 aromatic carbocycles. The average Bonchev–Trinajstić information content (AvgIpc) is 2.72. The van der Waals surface area contributed by atoms with Crippen LogP contribution in [0, 0.1) is 23.1 Å². The molecule has 0 unspecified atom stereocenters. The second-order valence-corrected chi connectivity index (χ2v) is 6.90. The van der Waals surface area contributed by atoms with Crippen LogP contribution in [0.2, 0.25) is 0 Å². The summed E-state index contributed by atoms with van der Waals surface area (Å²) in [4.78, 5) is 9.02. The second-order valence-electron chi connectivity index (χ2n) is 6.90. The normalized spacial score (nSPS) is 11.7. The number of nitrogens with zero attached hydrogens (tertiary/aromatic N) is 3. The third-order valence-corrected chi connectivity index (χ3v) is 4.50. The molecule has 29 heavy (non-hydrogen) atoms.